The molecule has 0 spiro atoms. The fourth-order valence-electron chi connectivity index (χ4n) is 2.19. The van der Waals surface area contributed by atoms with E-state index < -0.39 is 6.04 Å². The Hall–Kier alpha value is -1.78. The van der Waals surface area contributed by atoms with E-state index in [1.807, 2.05) is 11.9 Å². The first-order valence-corrected chi connectivity index (χ1v) is 6.50. The SMILES string of the molecule is CN(Cc1ccccc1F)CC(N)c1ccccc1F. The second-order valence-corrected chi connectivity index (χ2v) is 4.92. The smallest absolute Gasteiger partial charge is 0.128 e. The summed E-state index contributed by atoms with van der Waals surface area (Å²) < 4.78 is 27.2. The molecule has 0 amide bonds. The van der Waals surface area contributed by atoms with Crippen LogP contribution in [0.1, 0.15) is 17.2 Å². The van der Waals surface area contributed by atoms with E-state index in [1.165, 1.54) is 12.1 Å². The average Bonchev–Trinajstić information content (AvgIpc) is 2.41. The first-order chi connectivity index (χ1) is 9.58. The number of hydrogen-bond acceptors (Lipinski definition) is 2. The summed E-state index contributed by atoms with van der Waals surface area (Å²) in [5.74, 6) is -0.543. The Bertz CT molecular complexity index is 572. The molecular formula is C16H18F2N2. The molecule has 0 aromatic heterocycles. The minimum Gasteiger partial charge on any atom is -0.323 e. The zero-order valence-corrected chi connectivity index (χ0v) is 11.4. The Morgan fingerprint density at radius 3 is 2.25 bits per heavy atom. The summed E-state index contributed by atoms with van der Waals surface area (Å²) in [5.41, 5.74) is 7.10. The van der Waals surface area contributed by atoms with Crippen LogP contribution >= 0.6 is 0 Å². The van der Waals surface area contributed by atoms with Crippen LogP contribution in [0.4, 0.5) is 8.78 Å². The van der Waals surface area contributed by atoms with E-state index in [1.54, 1.807) is 36.4 Å². The zero-order chi connectivity index (χ0) is 14.5. The van der Waals surface area contributed by atoms with E-state index >= 15 is 0 Å². The van der Waals surface area contributed by atoms with Crippen molar-refractivity contribution in [2.24, 2.45) is 5.73 Å². The summed E-state index contributed by atoms with van der Waals surface area (Å²) in [5, 5.41) is 0. The lowest BCUT2D eigenvalue weighted by Crippen LogP contribution is -2.29. The number of benzene rings is 2. The molecule has 2 N–H and O–H groups in total. The van der Waals surface area contributed by atoms with Crippen LogP contribution in [0, 0.1) is 11.6 Å². The van der Waals surface area contributed by atoms with Gasteiger partial charge < -0.3 is 10.6 Å². The van der Waals surface area contributed by atoms with Crippen LogP contribution in [-0.2, 0) is 6.54 Å². The number of rotatable bonds is 5. The summed E-state index contributed by atoms with van der Waals surface area (Å²) in [6.07, 6.45) is 0. The number of halogens is 2. The third kappa shape index (κ3) is 3.62. The molecule has 0 heterocycles. The van der Waals surface area contributed by atoms with Crippen LogP contribution in [-0.4, -0.2) is 18.5 Å². The number of hydrogen-bond donors (Lipinski definition) is 1. The van der Waals surface area contributed by atoms with Crippen molar-refractivity contribution in [3.8, 4) is 0 Å². The van der Waals surface area contributed by atoms with E-state index in [0.717, 1.165) is 0 Å². The van der Waals surface area contributed by atoms with E-state index in [4.69, 9.17) is 5.73 Å². The first kappa shape index (κ1) is 14.6. The maximum Gasteiger partial charge on any atom is 0.128 e. The molecule has 20 heavy (non-hydrogen) atoms. The summed E-state index contributed by atoms with van der Waals surface area (Å²) in [6.45, 7) is 0.893. The maximum absolute atomic E-state index is 13.6. The lowest BCUT2D eigenvalue weighted by atomic mass is 10.1. The summed E-state index contributed by atoms with van der Waals surface area (Å²) in [4.78, 5) is 1.88. The quantitative estimate of drug-likeness (QED) is 0.909. The minimum atomic E-state index is -0.437. The van der Waals surface area contributed by atoms with Crippen LogP contribution in [0.2, 0.25) is 0 Å². The highest BCUT2D eigenvalue weighted by molar-refractivity contribution is 5.21. The molecule has 0 saturated heterocycles. The third-order valence-electron chi connectivity index (χ3n) is 3.21. The molecule has 0 fully saturated rings. The normalized spacial score (nSPS) is 12.7. The van der Waals surface area contributed by atoms with E-state index in [-0.39, 0.29) is 11.6 Å². The van der Waals surface area contributed by atoms with Gasteiger partial charge in [0, 0.05) is 30.3 Å². The van der Waals surface area contributed by atoms with E-state index in [2.05, 4.69) is 0 Å². The molecule has 0 aliphatic rings. The van der Waals surface area contributed by atoms with Gasteiger partial charge in [0.1, 0.15) is 11.6 Å². The van der Waals surface area contributed by atoms with Crippen molar-refractivity contribution >= 4 is 0 Å². The Balaban J connectivity index is 2.00. The fourth-order valence-corrected chi connectivity index (χ4v) is 2.19. The van der Waals surface area contributed by atoms with Gasteiger partial charge in [-0.25, -0.2) is 8.78 Å². The first-order valence-electron chi connectivity index (χ1n) is 6.50. The largest absolute Gasteiger partial charge is 0.323 e. The molecule has 2 rings (SSSR count). The van der Waals surface area contributed by atoms with E-state index in [9.17, 15) is 8.78 Å². The monoisotopic (exact) mass is 276 g/mol. The van der Waals surface area contributed by atoms with Crippen LogP contribution in [0.3, 0.4) is 0 Å². The topological polar surface area (TPSA) is 29.3 Å². The molecule has 0 aliphatic carbocycles. The Kier molecular flexibility index (Phi) is 4.82. The van der Waals surface area contributed by atoms with Crippen molar-refractivity contribution in [1.29, 1.82) is 0 Å². The molecular weight excluding hydrogens is 258 g/mol. The molecule has 0 radical (unpaired) electrons. The molecule has 2 nitrogen and oxygen atoms in total. The summed E-state index contributed by atoms with van der Waals surface area (Å²) in [6, 6.07) is 12.6. The van der Waals surface area contributed by atoms with Crippen LogP contribution in [0.5, 0.6) is 0 Å². The number of nitrogens with zero attached hydrogens (tertiary/aromatic N) is 1. The average molecular weight is 276 g/mol. The van der Waals surface area contributed by atoms with Gasteiger partial charge in [0.05, 0.1) is 0 Å². The highest BCUT2D eigenvalue weighted by atomic mass is 19.1. The molecule has 1 atom stereocenters. The van der Waals surface area contributed by atoms with Gasteiger partial charge in [-0.3, -0.25) is 0 Å². The second kappa shape index (κ2) is 6.59. The van der Waals surface area contributed by atoms with Crippen LogP contribution < -0.4 is 5.73 Å². The van der Waals surface area contributed by atoms with Crippen molar-refractivity contribution in [3.05, 3.63) is 71.3 Å². The van der Waals surface area contributed by atoms with Gasteiger partial charge in [-0.2, -0.15) is 0 Å². The summed E-state index contributed by atoms with van der Waals surface area (Å²) in [7, 11) is 1.84. The zero-order valence-electron chi connectivity index (χ0n) is 11.4. The van der Waals surface area contributed by atoms with Crippen LogP contribution in [0.25, 0.3) is 0 Å². The lowest BCUT2D eigenvalue weighted by Gasteiger charge is -2.22. The molecule has 0 saturated carbocycles. The van der Waals surface area contributed by atoms with Gasteiger partial charge in [0.2, 0.25) is 0 Å². The highest BCUT2D eigenvalue weighted by Gasteiger charge is 2.14. The van der Waals surface area contributed by atoms with Gasteiger partial charge in [0.15, 0.2) is 0 Å². The number of nitrogens with two attached hydrogens (primary N) is 1. The minimum absolute atomic E-state index is 0.237. The molecule has 2 aromatic carbocycles. The van der Waals surface area contributed by atoms with Gasteiger partial charge in [-0.05, 0) is 19.2 Å². The van der Waals surface area contributed by atoms with Gasteiger partial charge >= 0.3 is 0 Å². The second-order valence-electron chi connectivity index (χ2n) is 4.92. The van der Waals surface area contributed by atoms with Crippen molar-refractivity contribution < 1.29 is 8.78 Å². The molecule has 0 bridgehead atoms. The van der Waals surface area contributed by atoms with Crippen molar-refractivity contribution in [2.45, 2.75) is 12.6 Å². The Labute approximate surface area is 117 Å². The molecule has 1 unspecified atom stereocenters. The van der Waals surface area contributed by atoms with E-state index in [0.29, 0.717) is 24.2 Å². The van der Waals surface area contributed by atoms with Crippen molar-refractivity contribution in [1.82, 2.24) is 4.90 Å². The maximum atomic E-state index is 13.6. The van der Waals surface area contributed by atoms with Crippen LogP contribution in [0.15, 0.2) is 48.5 Å². The predicted molar refractivity (Wildman–Crippen MR) is 76.1 cm³/mol. The molecule has 0 aliphatic heterocycles. The van der Waals surface area contributed by atoms with Gasteiger partial charge in [-0.1, -0.05) is 36.4 Å². The highest BCUT2D eigenvalue weighted by Crippen LogP contribution is 2.16. The van der Waals surface area contributed by atoms with Crippen molar-refractivity contribution in [3.63, 3.8) is 0 Å². The van der Waals surface area contributed by atoms with Crippen molar-refractivity contribution in [2.75, 3.05) is 13.6 Å². The van der Waals surface area contributed by atoms with Gasteiger partial charge in [-0.15, -0.1) is 0 Å². The van der Waals surface area contributed by atoms with Gasteiger partial charge in [0.25, 0.3) is 0 Å². The number of likely N-dealkylation sites (N-methyl/N-ethyl adjacent to an activating group) is 1. The Morgan fingerprint density at radius 2 is 1.60 bits per heavy atom. The molecule has 2 aromatic rings. The molecule has 4 heteroatoms. The Morgan fingerprint density at radius 1 is 1.00 bits per heavy atom. The molecule has 106 valence electrons. The standard InChI is InChI=1S/C16H18F2N2/c1-20(10-12-6-2-4-8-14(12)17)11-16(19)13-7-3-5-9-15(13)18/h2-9,16H,10-11,19H2,1H3. The fraction of sp³-hybridized carbons (Fsp3) is 0.250. The summed E-state index contributed by atoms with van der Waals surface area (Å²) >= 11 is 0. The lowest BCUT2D eigenvalue weighted by molar-refractivity contribution is 0.298. The third-order valence-corrected chi connectivity index (χ3v) is 3.21. The predicted octanol–water partition coefficient (Wildman–Crippen LogP) is 3.10.